The van der Waals surface area contributed by atoms with E-state index in [-0.39, 0.29) is 12.7 Å². The number of ether oxygens (including phenoxy) is 2. The van der Waals surface area contributed by atoms with Gasteiger partial charge in [-0.05, 0) is 48.1 Å². The summed E-state index contributed by atoms with van der Waals surface area (Å²) >= 11 is 1.80. The number of fused-ring (bicyclic) bond motifs is 1. The van der Waals surface area contributed by atoms with Gasteiger partial charge in [0.25, 0.3) is 0 Å². The molecule has 2 aromatic rings. The molecule has 0 spiro atoms. The number of hydrogen-bond donors (Lipinski definition) is 1. The van der Waals surface area contributed by atoms with Gasteiger partial charge in [0, 0.05) is 17.5 Å². The number of carbonyl (C=O) groups is 1. The molecular formula is C19H19NO3S. The molecule has 0 aliphatic carbocycles. The smallest absolute Gasteiger partial charge is 0.243 e. The van der Waals surface area contributed by atoms with Gasteiger partial charge in [0.05, 0.1) is 0 Å². The summed E-state index contributed by atoms with van der Waals surface area (Å²) < 4.78 is 10.6. The van der Waals surface area contributed by atoms with Crippen LogP contribution in [0.3, 0.4) is 0 Å². The van der Waals surface area contributed by atoms with E-state index in [0.717, 1.165) is 29.2 Å². The van der Waals surface area contributed by atoms with Gasteiger partial charge in [0.2, 0.25) is 12.7 Å². The molecule has 1 aliphatic heterocycles. The molecule has 124 valence electrons. The second-order valence-corrected chi connectivity index (χ2v) is 6.42. The zero-order chi connectivity index (χ0) is 16.6. The number of amides is 1. The van der Waals surface area contributed by atoms with Gasteiger partial charge in [-0.2, -0.15) is 0 Å². The van der Waals surface area contributed by atoms with Crippen molar-refractivity contribution in [3.05, 3.63) is 60.2 Å². The van der Waals surface area contributed by atoms with Crippen LogP contribution in [-0.2, 0) is 4.79 Å². The Bertz CT molecular complexity index is 716. The Morgan fingerprint density at radius 1 is 1.12 bits per heavy atom. The molecule has 0 saturated heterocycles. The van der Waals surface area contributed by atoms with Gasteiger partial charge in [-0.3, -0.25) is 4.79 Å². The molecule has 1 aliphatic rings. The molecule has 1 heterocycles. The minimum absolute atomic E-state index is 0.0858. The van der Waals surface area contributed by atoms with Crippen molar-refractivity contribution in [2.45, 2.75) is 11.3 Å². The number of carbonyl (C=O) groups excluding carboxylic acids is 1. The number of thioether (sulfide) groups is 1. The summed E-state index contributed by atoms with van der Waals surface area (Å²) in [7, 11) is 0. The second kappa shape index (κ2) is 8.45. The Balaban J connectivity index is 1.36. The normalized spacial score (nSPS) is 12.5. The summed E-state index contributed by atoms with van der Waals surface area (Å²) in [6, 6.07) is 15.9. The van der Waals surface area contributed by atoms with E-state index in [0.29, 0.717) is 6.54 Å². The van der Waals surface area contributed by atoms with Crippen molar-refractivity contribution in [3.8, 4) is 11.5 Å². The zero-order valence-electron chi connectivity index (χ0n) is 13.2. The van der Waals surface area contributed by atoms with Crippen LogP contribution < -0.4 is 14.8 Å². The molecular weight excluding hydrogens is 322 g/mol. The van der Waals surface area contributed by atoms with Gasteiger partial charge >= 0.3 is 0 Å². The molecule has 3 rings (SSSR count). The topological polar surface area (TPSA) is 47.6 Å². The van der Waals surface area contributed by atoms with Crippen LogP contribution in [0, 0.1) is 0 Å². The van der Waals surface area contributed by atoms with Gasteiger partial charge in [-0.25, -0.2) is 0 Å². The zero-order valence-corrected chi connectivity index (χ0v) is 14.1. The lowest BCUT2D eigenvalue weighted by molar-refractivity contribution is -0.116. The highest BCUT2D eigenvalue weighted by molar-refractivity contribution is 7.99. The van der Waals surface area contributed by atoms with Gasteiger partial charge in [-0.15, -0.1) is 11.8 Å². The highest BCUT2D eigenvalue weighted by Crippen LogP contribution is 2.32. The molecule has 4 nitrogen and oxygen atoms in total. The van der Waals surface area contributed by atoms with Crippen molar-refractivity contribution in [2.75, 3.05) is 19.1 Å². The number of rotatable bonds is 7. The van der Waals surface area contributed by atoms with Crippen LogP contribution >= 0.6 is 11.8 Å². The maximum Gasteiger partial charge on any atom is 0.243 e. The maximum atomic E-state index is 11.8. The Labute approximate surface area is 145 Å². The van der Waals surface area contributed by atoms with Crippen molar-refractivity contribution >= 4 is 23.7 Å². The lowest BCUT2D eigenvalue weighted by Gasteiger charge is -2.03. The number of nitrogens with one attached hydrogen (secondary N) is 1. The highest BCUT2D eigenvalue weighted by atomic mass is 32.2. The van der Waals surface area contributed by atoms with E-state index in [1.54, 1.807) is 23.9 Å². The quantitative estimate of drug-likeness (QED) is 0.474. The lowest BCUT2D eigenvalue weighted by Crippen LogP contribution is -2.22. The Hall–Kier alpha value is -2.40. The first kappa shape index (κ1) is 16.5. The van der Waals surface area contributed by atoms with Crippen molar-refractivity contribution in [1.29, 1.82) is 0 Å². The molecule has 24 heavy (non-hydrogen) atoms. The van der Waals surface area contributed by atoms with Crippen LogP contribution in [0.15, 0.2) is 59.5 Å². The maximum absolute atomic E-state index is 11.8. The van der Waals surface area contributed by atoms with Crippen molar-refractivity contribution in [2.24, 2.45) is 0 Å². The third kappa shape index (κ3) is 4.80. The minimum atomic E-state index is -0.0858. The van der Waals surface area contributed by atoms with E-state index in [1.165, 1.54) is 4.90 Å². The van der Waals surface area contributed by atoms with Gasteiger partial charge in [0.15, 0.2) is 11.5 Å². The second-order valence-electron chi connectivity index (χ2n) is 5.25. The lowest BCUT2D eigenvalue weighted by atomic mass is 10.2. The standard InChI is InChI=1S/C19H19NO3S/c21-19(20-11-4-12-24-16-5-2-1-3-6-16)10-8-15-7-9-17-18(13-15)23-14-22-17/h1-3,5-10,13H,4,11-12,14H2,(H,20,21)/b10-8+. The Morgan fingerprint density at radius 2 is 1.96 bits per heavy atom. The van der Waals surface area contributed by atoms with Crippen LogP contribution in [-0.4, -0.2) is 25.0 Å². The monoisotopic (exact) mass is 341 g/mol. The van der Waals surface area contributed by atoms with E-state index in [9.17, 15) is 4.79 Å². The summed E-state index contributed by atoms with van der Waals surface area (Å²) in [6.07, 6.45) is 4.25. The van der Waals surface area contributed by atoms with E-state index in [2.05, 4.69) is 17.4 Å². The molecule has 1 N–H and O–H groups in total. The minimum Gasteiger partial charge on any atom is -0.454 e. The molecule has 0 saturated carbocycles. The summed E-state index contributed by atoms with van der Waals surface area (Å²) in [6.45, 7) is 0.925. The fourth-order valence-electron chi connectivity index (χ4n) is 2.24. The first-order valence-electron chi connectivity index (χ1n) is 7.85. The third-order valence-corrected chi connectivity index (χ3v) is 4.55. The molecule has 0 atom stereocenters. The predicted molar refractivity (Wildman–Crippen MR) is 96.4 cm³/mol. The summed E-state index contributed by atoms with van der Waals surface area (Å²) in [5.41, 5.74) is 0.911. The summed E-state index contributed by atoms with van der Waals surface area (Å²) in [5, 5.41) is 2.90. The molecule has 0 bridgehead atoms. The largest absolute Gasteiger partial charge is 0.454 e. The summed E-state index contributed by atoms with van der Waals surface area (Å²) in [4.78, 5) is 13.1. The molecule has 0 aromatic heterocycles. The van der Waals surface area contributed by atoms with Crippen LogP contribution in [0.4, 0.5) is 0 Å². The number of hydrogen-bond acceptors (Lipinski definition) is 4. The fourth-order valence-corrected chi connectivity index (χ4v) is 3.11. The first-order chi connectivity index (χ1) is 11.8. The average Bonchev–Trinajstić information content (AvgIpc) is 3.08. The number of benzene rings is 2. The van der Waals surface area contributed by atoms with E-state index in [4.69, 9.17) is 9.47 Å². The van der Waals surface area contributed by atoms with Crippen molar-refractivity contribution < 1.29 is 14.3 Å². The Kier molecular flexibility index (Phi) is 5.80. The van der Waals surface area contributed by atoms with E-state index >= 15 is 0 Å². The van der Waals surface area contributed by atoms with Gasteiger partial charge in [0.1, 0.15) is 0 Å². The molecule has 0 fully saturated rings. The Morgan fingerprint density at radius 3 is 2.83 bits per heavy atom. The molecule has 0 unspecified atom stereocenters. The SMILES string of the molecule is O=C(/C=C/c1ccc2c(c1)OCO2)NCCCSc1ccccc1. The molecule has 5 heteroatoms. The van der Waals surface area contributed by atoms with Crippen LogP contribution in [0.1, 0.15) is 12.0 Å². The van der Waals surface area contributed by atoms with Crippen LogP contribution in [0.2, 0.25) is 0 Å². The average molecular weight is 341 g/mol. The summed E-state index contributed by atoms with van der Waals surface area (Å²) in [5.74, 6) is 2.36. The van der Waals surface area contributed by atoms with Crippen LogP contribution in [0.5, 0.6) is 11.5 Å². The molecule has 0 radical (unpaired) electrons. The highest BCUT2D eigenvalue weighted by Gasteiger charge is 2.12. The third-order valence-electron chi connectivity index (χ3n) is 3.46. The van der Waals surface area contributed by atoms with Gasteiger partial charge < -0.3 is 14.8 Å². The predicted octanol–water partition coefficient (Wildman–Crippen LogP) is 3.73. The van der Waals surface area contributed by atoms with Crippen molar-refractivity contribution in [1.82, 2.24) is 5.32 Å². The fraction of sp³-hybridized carbons (Fsp3) is 0.211. The molecule has 2 aromatic carbocycles. The van der Waals surface area contributed by atoms with Crippen LogP contribution in [0.25, 0.3) is 6.08 Å². The van der Waals surface area contributed by atoms with Crippen molar-refractivity contribution in [3.63, 3.8) is 0 Å². The molecule has 1 amide bonds. The first-order valence-corrected chi connectivity index (χ1v) is 8.83. The van der Waals surface area contributed by atoms with E-state index in [1.807, 2.05) is 36.4 Å². The van der Waals surface area contributed by atoms with Gasteiger partial charge in [-0.1, -0.05) is 24.3 Å². The van der Waals surface area contributed by atoms with E-state index < -0.39 is 0 Å².